The lowest BCUT2D eigenvalue weighted by molar-refractivity contribution is -0.116. The molecule has 1 aromatic heterocycles. The van der Waals surface area contributed by atoms with Crippen LogP contribution >= 0.6 is 0 Å². The monoisotopic (exact) mass is 411 g/mol. The maximum Gasteiger partial charge on any atom is 0.251 e. The lowest BCUT2D eigenvalue weighted by Crippen LogP contribution is -2.29. The first kappa shape index (κ1) is 20.5. The van der Waals surface area contributed by atoms with Gasteiger partial charge in [-0.3, -0.25) is 9.59 Å². The van der Waals surface area contributed by atoms with Crippen LogP contribution in [0.2, 0.25) is 0 Å². The third-order valence-corrected chi connectivity index (χ3v) is 6.12. The number of carbonyl (C=O) groups is 1. The molecule has 2 aromatic carbocycles. The van der Waals surface area contributed by atoms with E-state index in [1.807, 2.05) is 42.5 Å². The number of pyridine rings is 1. The molecule has 0 bridgehead atoms. The van der Waals surface area contributed by atoms with Crippen LogP contribution in [0.5, 0.6) is 0 Å². The fraction of sp³-hybridized carbons (Fsp3) is 0.143. The van der Waals surface area contributed by atoms with Gasteiger partial charge in [0, 0.05) is 32.0 Å². The average molecular weight is 411 g/mol. The van der Waals surface area contributed by atoms with Crippen LogP contribution in [0.3, 0.4) is 0 Å². The van der Waals surface area contributed by atoms with E-state index in [9.17, 15) is 18.0 Å². The number of hydrogen-bond donors (Lipinski definition) is 1. The van der Waals surface area contributed by atoms with E-state index in [2.05, 4.69) is 5.32 Å². The first-order chi connectivity index (χ1) is 13.8. The minimum absolute atomic E-state index is 0.0536. The predicted molar refractivity (Wildman–Crippen MR) is 112 cm³/mol. The van der Waals surface area contributed by atoms with Crippen molar-refractivity contribution in [1.29, 1.82) is 0 Å². The highest BCUT2D eigenvalue weighted by atomic mass is 32.2. The molecule has 0 aliphatic heterocycles. The molecule has 0 fully saturated rings. The minimum Gasteiger partial charge on any atom is -0.325 e. The average Bonchev–Trinajstić information content (AvgIpc) is 2.70. The van der Waals surface area contributed by atoms with Crippen LogP contribution in [0.15, 0.2) is 82.6 Å². The quantitative estimate of drug-likeness (QED) is 0.675. The smallest absolute Gasteiger partial charge is 0.251 e. The SMILES string of the molecule is CN(C)S(=O)(=O)c1ccc(=O)n(CC(=O)Nc2ccc(-c3ccccc3)cc2)c1. The number of benzene rings is 2. The van der Waals surface area contributed by atoms with Crippen LogP contribution in [-0.4, -0.2) is 37.3 Å². The number of hydrogen-bond acceptors (Lipinski definition) is 4. The van der Waals surface area contributed by atoms with Crippen LogP contribution in [0.4, 0.5) is 5.69 Å². The van der Waals surface area contributed by atoms with Gasteiger partial charge in [-0.1, -0.05) is 42.5 Å². The number of aromatic nitrogens is 1. The Kier molecular flexibility index (Phi) is 5.95. The van der Waals surface area contributed by atoms with Crippen LogP contribution < -0.4 is 10.9 Å². The van der Waals surface area contributed by atoms with Crippen molar-refractivity contribution in [2.45, 2.75) is 11.4 Å². The van der Waals surface area contributed by atoms with E-state index in [-0.39, 0.29) is 11.4 Å². The third-order valence-electron chi connectivity index (χ3n) is 4.32. The molecule has 1 heterocycles. The fourth-order valence-corrected chi connectivity index (χ4v) is 3.65. The van der Waals surface area contributed by atoms with Crippen LogP contribution in [-0.2, 0) is 21.4 Å². The van der Waals surface area contributed by atoms with Crippen molar-refractivity contribution in [3.05, 3.63) is 83.3 Å². The van der Waals surface area contributed by atoms with E-state index < -0.39 is 21.5 Å². The molecule has 3 aromatic rings. The predicted octanol–water partition coefficient (Wildman–Crippen LogP) is 2.40. The summed E-state index contributed by atoms with van der Waals surface area (Å²) in [6, 6.07) is 19.5. The molecule has 0 saturated carbocycles. The molecular weight excluding hydrogens is 390 g/mol. The second-order valence-electron chi connectivity index (χ2n) is 6.61. The number of sulfonamides is 1. The number of nitrogens with zero attached hydrogens (tertiary/aromatic N) is 2. The first-order valence-corrected chi connectivity index (χ1v) is 10.3. The van der Waals surface area contributed by atoms with Gasteiger partial charge in [0.25, 0.3) is 5.56 Å². The number of amides is 1. The number of nitrogens with one attached hydrogen (secondary N) is 1. The second kappa shape index (κ2) is 8.42. The lowest BCUT2D eigenvalue weighted by atomic mass is 10.1. The highest BCUT2D eigenvalue weighted by Crippen LogP contribution is 2.21. The number of rotatable bonds is 6. The summed E-state index contributed by atoms with van der Waals surface area (Å²) in [4.78, 5) is 24.3. The summed E-state index contributed by atoms with van der Waals surface area (Å²) in [5, 5.41) is 2.72. The van der Waals surface area contributed by atoms with Crippen molar-refractivity contribution in [2.24, 2.45) is 0 Å². The van der Waals surface area contributed by atoms with Crippen molar-refractivity contribution in [3.63, 3.8) is 0 Å². The second-order valence-corrected chi connectivity index (χ2v) is 8.76. The summed E-state index contributed by atoms with van der Waals surface area (Å²) in [5.74, 6) is -0.432. The van der Waals surface area contributed by atoms with Gasteiger partial charge < -0.3 is 9.88 Å². The summed E-state index contributed by atoms with van der Waals surface area (Å²) in [6.07, 6.45) is 1.18. The lowest BCUT2D eigenvalue weighted by Gasteiger charge is -2.13. The van der Waals surface area contributed by atoms with Crippen LogP contribution in [0, 0.1) is 0 Å². The summed E-state index contributed by atoms with van der Waals surface area (Å²) in [7, 11) is -0.901. The van der Waals surface area contributed by atoms with E-state index in [1.165, 1.54) is 26.4 Å². The summed E-state index contributed by atoms with van der Waals surface area (Å²) in [5.41, 5.74) is 2.20. The Balaban J connectivity index is 1.73. The van der Waals surface area contributed by atoms with E-state index in [1.54, 1.807) is 12.1 Å². The molecule has 7 nitrogen and oxygen atoms in total. The topological polar surface area (TPSA) is 88.5 Å². The van der Waals surface area contributed by atoms with Gasteiger partial charge >= 0.3 is 0 Å². The van der Waals surface area contributed by atoms with Crippen molar-refractivity contribution in [1.82, 2.24) is 8.87 Å². The van der Waals surface area contributed by atoms with E-state index in [4.69, 9.17) is 0 Å². The molecular formula is C21H21N3O4S. The Morgan fingerprint density at radius 2 is 1.55 bits per heavy atom. The van der Waals surface area contributed by atoms with Gasteiger partial charge in [0.2, 0.25) is 15.9 Å². The molecule has 0 radical (unpaired) electrons. The van der Waals surface area contributed by atoms with Gasteiger partial charge in [-0.25, -0.2) is 12.7 Å². The van der Waals surface area contributed by atoms with Crippen molar-refractivity contribution in [2.75, 3.05) is 19.4 Å². The van der Waals surface area contributed by atoms with E-state index in [0.717, 1.165) is 26.1 Å². The van der Waals surface area contributed by atoms with Gasteiger partial charge in [-0.15, -0.1) is 0 Å². The van der Waals surface area contributed by atoms with Crippen molar-refractivity contribution >= 4 is 21.6 Å². The zero-order chi connectivity index (χ0) is 21.0. The summed E-state index contributed by atoms with van der Waals surface area (Å²) in [6.45, 7) is -0.296. The highest BCUT2D eigenvalue weighted by Gasteiger charge is 2.18. The summed E-state index contributed by atoms with van der Waals surface area (Å²) < 4.78 is 26.6. The molecule has 0 saturated heterocycles. The van der Waals surface area contributed by atoms with Gasteiger partial charge in [-0.05, 0) is 29.3 Å². The molecule has 1 amide bonds. The normalized spacial score (nSPS) is 11.4. The van der Waals surface area contributed by atoms with Crippen LogP contribution in [0.1, 0.15) is 0 Å². The Morgan fingerprint density at radius 3 is 2.17 bits per heavy atom. The fourth-order valence-electron chi connectivity index (χ4n) is 2.73. The number of carbonyl (C=O) groups excluding carboxylic acids is 1. The van der Waals surface area contributed by atoms with E-state index >= 15 is 0 Å². The molecule has 0 spiro atoms. The highest BCUT2D eigenvalue weighted by molar-refractivity contribution is 7.89. The van der Waals surface area contributed by atoms with Gasteiger partial charge in [0.15, 0.2) is 0 Å². The Hall–Kier alpha value is -3.23. The van der Waals surface area contributed by atoms with Gasteiger partial charge in [0.1, 0.15) is 6.54 Å². The summed E-state index contributed by atoms with van der Waals surface area (Å²) >= 11 is 0. The molecule has 1 N–H and O–H groups in total. The molecule has 0 aliphatic rings. The molecule has 0 aliphatic carbocycles. The van der Waals surface area contributed by atoms with Gasteiger partial charge in [-0.2, -0.15) is 0 Å². The van der Waals surface area contributed by atoms with Crippen molar-refractivity contribution in [3.8, 4) is 11.1 Å². The van der Waals surface area contributed by atoms with Crippen molar-refractivity contribution < 1.29 is 13.2 Å². The zero-order valence-electron chi connectivity index (χ0n) is 16.1. The molecule has 0 unspecified atom stereocenters. The molecule has 0 atom stereocenters. The molecule has 29 heavy (non-hydrogen) atoms. The molecule has 8 heteroatoms. The molecule has 150 valence electrons. The maximum absolute atomic E-state index is 12.4. The maximum atomic E-state index is 12.4. The molecule has 3 rings (SSSR count). The van der Waals surface area contributed by atoms with Gasteiger partial charge in [0.05, 0.1) is 4.90 Å². The first-order valence-electron chi connectivity index (χ1n) is 8.86. The zero-order valence-corrected chi connectivity index (χ0v) is 16.9. The third kappa shape index (κ3) is 4.79. The Bertz CT molecular complexity index is 1170. The van der Waals surface area contributed by atoms with E-state index in [0.29, 0.717) is 5.69 Å². The number of anilines is 1. The standard InChI is InChI=1S/C21H21N3O4S/c1-23(2)29(27,28)19-12-13-21(26)24(14-19)15-20(25)22-18-10-8-17(9-11-18)16-6-4-3-5-7-16/h3-14H,15H2,1-2H3,(H,22,25). The minimum atomic E-state index is -3.70. The largest absolute Gasteiger partial charge is 0.325 e. The Morgan fingerprint density at radius 1 is 0.931 bits per heavy atom. The van der Waals surface area contributed by atoms with Crippen LogP contribution in [0.25, 0.3) is 11.1 Å². The Labute approximate surface area is 169 Å².